The molecule has 0 aromatic heterocycles. The zero-order chi connectivity index (χ0) is 13.9. The van der Waals surface area contributed by atoms with Crippen LogP contribution in [0.25, 0.3) is 0 Å². The summed E-state index contributed by atoms with van der Waals surface area (Å²) >= 11 is 0. The number of aliphatic imine (C=N–C) groups is 2. The van der Waals surface area contributed by atoms with Crippen LogP contribution in [-0.4, -0.2) is 18.5 Å². The summed E-state index contributed by atoms with van der Waals surface area (Å²) in [7, 11) is 0. The highest BCUT2D eigenvalue weighted by Gasteiger charge is 1.97. The molecule has 0 saturated heterocycles. The van der Waals surface area contributed by atoms with Crippen LogP contribution in [0.4, 0.5) is 0 Å². The number of rotatable bonds is 6. The number of nitrogens with zero attached hydrogens (tertiary/aromatic N) is 2. The van der Waals surface area contributed by atoms with Crippen LogP contribution in [0, 0.1) is 0 Å². The van der Waals surface area contributed by atoms with Gasteiger partial charge in [-0.1, -0.05) is 43.0 Å². The van der Waals surface area contributed by atoms with E-state index in [-0.39, 0.29) is 6.61 Å². The molecule has 1 aromatic rings. The van der Waals surface area contributed by atoms with Crippen molar-refractivity contribution < 1.29 is 9.53 Å². The molecule has 19 heavy (non-hydrogen) atoms. The highest BCUT2D eigenvalue weighted by Crippen LogP contribution is 1.99. The lowest BCUT2D eigenvalue weighted by atomic mass is 10.2. The molecule has 0 aliphatic rings. The van der Waals surface area contributed by atoms with E-state index in [1.807, 2.05) is 37.3 Å². The maximum Gasteiger partial charge on any atom is 0.349 e. The van der Waals surface area contributed by atoms with E-state index >= 15 is 0 Å². The fraction of sp³-hybridized carbons (Fsp3) is 0.133. The topological polar surface area (TPSA) is 51.0 Å². The van der Waals surface area contributed by atoms with Gasteiger partial charge in [-0.05, 0) is 18.1 Å². The minimum atomic E-state index is -0.500. The molecule has 0 amide bonds. The predicted octanol–water partition coefficient (Wildman–Crippen LogP) is 2.92. The second-order valence-corrected chi connectivity index (χ2v) is 3.71. The largest absolute Gasteiger partial charge is 0.457 e. The summed E-state index contributed by atoms with van der Waals surface area (Å²) in [6.07, 6.45) is 5.63. The van der Waals surface area contributed by atoms with Gasteiger partial charge in [0.05, 0.1) is 0 Å². The van der Waals surface area contributed by atoms with Crippen LogP contribution in [0.5, 0.6) is 0 Å². The van der Waals surface area contributed by atoms with Gasteiger partial charge in [0.15, 0.2) is 0 Å². The second kappa shape index (κ2) is 8.58. The van der Waals surface area contributed by atoms with Gasteiger partial charge in [-0.2, -0.15) is 0 Å². The van der Waals surface area contributed by atoms with Gasteiger partial charge in [-0.3, -0.25) is 0 Å². The van der Waals surface area contributed by atoms with Gasteiger partial charge < -0.3 is 4.74 Å². The van der Waals surface area contributed by atoms with E-state index in [1.165, 1.54) is 6.34 Å². The number of hydrogen-bond acceptors (Lipinski definition) is 3. The summed E-state index contributed by atoms with van der Waals surface area (Å²) in [6, 6.07) is 9.45. The van der Waals surface area contributed by atoms with E-state index in [0.717, 1.165) is 17.4 Å². The first-order valence-corrected chi connectivity index (χ1v) is 5.77. The molecule has 4 nitrogen and oxygen atoms in total. The summed E-state index contributed by atoms with van der Waals surface area (Å²) in [6.45, 7) is 5.68. The molecule has 0 saturated carbocycles. The van der Waals surface area contributed by atoms with Crippen LogP contribution in [-0.2, 0) is 16.1 Å². The van der Waals surface area contributed by atoms with E-state index in [2.05, 4.69) is 16.6 Å². The first-order chi connectivity index (χ1) is 9.22. The maximum atomic E-state index is 11.3. The van der Waals surface area contributed by atoms with Gasteiger partial charge in [0.25, 0.3) is 0 Å². The first kappa shape index (κ1) is 14.6. The minimum Gasteiger partial charge on any atom is -0.457 e. The molecule has 1 rings (SSSR count). The van der Waals surface area contributed by atoms with Crippen molar-refractivity contribution in [2.24, 2.45) is 9.98 Å². The summed E-state index contributed by atoms with van der Waals surface area (Å²) in [5.41, 5.74) is 1.85. The van der Waals surface area contributed by atoms with Crippen LogP contribution < -0.4 is 0 Å². The Kier molecular flexibility index (Phi) is 6.58. The minimum absolute atomic E-state index is 0.234. The molecule has 1 aromatic carbocycles. The van der Waals surface area contributed by atoms with Crippen molar-refractivity contribution in [1.29, 1.82) is 0 Å². The number of allylic oxidation sites excluding steroid dienone is 2. The van der Waals surface area contributed by atoms with Gasteiger partial charge in [0.2, 0.25) is 0 Å². The monoisotopic (exact) mass is 256 g/mol. The van der Waals surface area contributed by atoms with E-state index in [9.17, 15) is 4.79 Å². The molecule has 4 heteroatoms. The van der Waals surface area contributed by atoms with Gasteiger partial charge in [0.1, 0.15) is 19.2 Å². The zero-order valence-corrected chi connectivity index (χ0v) is 10.8. The average molecular weight is 256 g/mol. The lowest BCUT2D eigenvalue weighted by Crippen LogP contribution is -2.05. The molecule has 0 atom stereocenters. The van der Waals surface area contributed by atoms with E-state index in [4.69, 9.17) is 4.74 Å². The Morgan fingerprint density at radius 1 is 1.32 bits per heavy atom. The maximum absolute atomic E-state index is 11.3. The van der Waals surface area contributed by atoms with Crippen molar-refractivity contribution in [2.45, 2.75) is 13.5 Å². The molecular formula is C15H16N2O2. The summed E-state index contributed by atoms with van der Waals surface area (Å²) in [4.78, 5) is 18.9. The van der Waals surface area contributed by atoms with Gasteiger partial charge in [0, 0.05) is 6.20 Å². The quantitative estimate of drug-likeness (QED) is 0.340. The number of carbonyl (C=O) groups is 1. The number of ether oxygens (including phenoxy) is 1. The van der Waals surface area contributed by atoms with Gasteiger partial charge in [-0.15, -0.1) is 0 Å². The third-order valence-corrected chi connectivity index (χ3v) is 2.14. The van der Waals surface area contributed by atoms with Crippen molar-refractivity contribution in [3.05, 3.63) is 60.3 Å². The number of benzene rings is 1. The van der Waals surface area contributed by atoms with Crippen molar-refractivity contribution in [3.63, 3.8) is 0 Å². The highest BCUT2D eigenvalue weighted by molar-refractivity contribution is 6.24. The Labute approximate surface area is 112 Å². The lowest BCUT2D eigenvalue weighted by molar-refractivity contribution is -0.136. The fourth-order valence-corrected chi connectivity index (χ4v) is 1.10. The average Bonchev–Trinajstić information content (AvgIpc) is 2.45. The fourth-order valence-electron chi connectivity index (χ4n) is 1.10. The van der Waals surface area contributed by atoms with Crippen LogP contribution in [0.15, 0.2) is 64.7 Å². The van der Waals surface area contributed by atoms with Crippen LogP contribution >= 0.6 is 0 Å². The molecule has 0 fully saturated rings. The molecular weight excluding hydrogens is 240 g/mol. The Balaban J connectivity index is 2.33. The molecule has 98 valence electrons. The molecule has 0 spiro atoms. The van der Waals surface area contributed by atoms with E-state index in [0.29, 0.717) is 0 Å². The Hall–Kier alpha value is -2.49. The standard InChI is InChI=1S/C15H16N2O2/c1-3-13(2)9-16-12-17-10-15(18)19-11-14-7-5-4-6-8-14/h3-10,12H,1,11H2,2H3/b13-9-,16-12-,17-10+. The highest BCUT2D eigenvalue weighted by atomic mass is 16.5. The number of hydrogen-bond donors (Lipinski definition) is 0. The number of carbonyl (C=O) groups excluding carboxylic acids is 1. The van der Waals surface area contributed by atoms with Crippen molar-refractivity contribution in [1.82, 2.24) is 0 Å². The van der Waals surface area contributed by atoms with Crippen molar-refractivity contribution >= 4 is 18.5 Å². The summed E-state index contributed by atoms with van der Waals surface area (Å²) in [5.74, 6) is -0.500. The van der Waals surface area contributed by atoms with Crippen LogP contribution in [0.3, 0.4) is 0 Å². The van der Waals surface area contributed by atoms with Gasteiger partial charge in [-0.25, -0.2) is 14.8 Å². The molecule has 0 aliphatic heterocycles. The smallest absolute Gasteiger partial charge is 0.349 e. The van der Waals surface area contributed by atoms with Crippen molar-refractivity contribution in [2.75, 3.05) is 0 Å². The predicted molar refractivity (Wildman–Crippen MR) is 77.2 cm³/mol. The normalized spacial score (nSPS) is 11.9. The molecule has 0 aliphatic carbocycles. The first-order valence-electron chi connectivity index (χ1n) is 5.77. The number of esters is 1. The molecule has 0 radical (unpaired) electrons. The molecule has 0 unspecified atom stereocenters. The Morgan fingerprint density at radius 2 is 2.05 bits per heavy atom. The van der Waals surface area contributed by atoms with Crippen LogP contribution in [0.2, 0.25) is 0 Å². The van der Waals surface area contributed by atoms with Crippen LogP contribution in [0.1, 0.15) is 12.5 Å². The van der Waals surface area contributed by atoms with E-state index in [1.54, 1.807) is 12.3 Å². The zero-order valence-electron chi connectivity index (χ0n) is 10.8. The molecule has 0 N–H and O–H groups in total. The lowest BCUT2D eigenvalue weighted by Gasteiger charge is -2.00. The second-order valence-electron chi connectivity index (χ2n) is 3.71. The molecule has 0 bridgehead atoms. The van der Waals surface area contributed by atoms with Crippen molar-refractivity contribution in [3.8, 4) is 0 Å². The summed E-state index contributed by atoms with van der Waals surface area (Å²) in [5, 5.41) is 0. The SMILES string of the molecule is C=C\C(C)=C/N=C\N=C\C(=O)OCc1ccccc1. The Bertz CT molecular complexity index is 502. The summed E-state index contributed by atoms with van der Waals surface area (Å²) < 4.78 is 5.00. The third kappa shape index (κ3) is 6.73. The van der Waals surface area contributed by atoms with E-state index < -0.39 is 5.97 Å². The third-order valence-electron chi connectivity index (χ3n) is 2.14. The Morgan fingerprint density at radius 3 is 2.74 bits per heavy atom. The van der Waals surface area contributed by atoms with Gasteiger partial charge >= 0.3 is 5.97 Å². The molecule has 0 heterocycles.